The number of halogens is 3. The first-order chi connectivity index (χ1) is 18.8. The number of benzene rings is 1. The standard InChI is InChI=1S/C28H31F3N6O2/c1-34-13-7-14-35(16-15-34)26-20(9-6-12-32-26)24-23-25(37(33-24)22-11-4-5-17-39-22)19-8-2-3-10-21(19)36(27(23)38)18-28(29,30)31/h2-3,6,8-10,12,22H,4-5,7,11,13-18H2,1H3. The Morgan fingerprint density at radius 2 is 1.87 bits per heavy atom. The van der Waals surface area contributed by atoms with Crippen molar-refractivity contribution in [1.29, 1.82) is 0 Å². The van der Waals surface area contributed by atoms with Gasteiger partial charge in [0.15, 0.2) is 6.23 Å². The third-order valence-corrected chi connectivity index (χ3v) is 7.65. The lowest BCUT2D eigenvalue weighted by Crippen LogP contribution is -2.30. The van der Waals surface area contributed by atoms with Crippen molar-refractivity contribution in [3.8, 4) is 11.3 Å². The van der Waals surface area contributed by atoms with Crippen molar-refractivity contribution in [3.05, 3.63) is 52.9 Å². The average molecular weight is 541 g/mol. The predicted octanol–water partition coefficient (Wildman–Crippen LogP) is 4.82. The summed E-state index contributed by atoms with van der Waals surface area (Å²) in [4.78, 5) is 23.1. The van der Waals surface area contributed by atoms with Gasteiger partial charge in [-0.15, -0.1) is 0 Å². The molecule has 206 valence electrons. The van der Waals surface area contributed by atoms with Crippen LogP contribution < -0.4 is 10.5 Å². The number of aromatic nitrogens is 4. The topological polar surface area (TPSA) is 68.4 Å². The fraction of sp³-hybridized carbons (Fsp3) is 0.464. The molecule has 1 unspecified atom stereocenters. The molecule has 0 aliphatic carbocycles. The molecule has 11 heteroatoms. The monoisotopic (exact) mass is 540 g/mol. The molecule has 0 N–H and O–H groups in total. The Hall–Kier alpha value is -3.44. The highest BCUT2D eigenvalue weighted by atomic mass is 19.4. The quantitative estimate of drug-likeness (QED) is 0.370. The first-order valence-corrected chi connectivity index (χ1v) is 13.4. The van der Waals surface area contributed by atoms with Crippen LogP contribution in [-0.4, -0.2) is 70.2 Å². The van der Waals surface area contributed by atoms with Crippen LogP contribution in [-0.2, 0) is 11.3 Å². The maximum Gasteiger partial charge on any atom is 0.406 e. The SMILES string of the molecule is CN1CCCN(c2ncccc2-c2nn(C3CCCCO3)c3c2c(=O)n(CC(F)(F)F)c2ccccc32)CC1. The van der Waals surface area contributed by atoms with Gasteiger partial charge in [0.2, 0.25) is 0 Å². The zero-order valence-electron chi connectivity index (χ0n) is 21.8. The Balaban J connectivity index is 1.65. The minimum Gasteiger partial charge on any atom is -0.356 e. The van der Waals surface area contributed by atoms with Crippen molar-refractivity contribution in [3.63, 3.8) is 0 Å². The Morgan fingerprint density at radius 3 is 2.67 bits per heavy atom. The van der Waals surface area contributed by atoms with E-state index in [1.54, 1.807) is 41.2 Å². The molecular weight excluding hydrogens is 509 g/mol. The third kappa shape index (κ3) is 4.89. The van der Waals surface area contributed by atoms with Crippen molar-refractivity contribution >= 4 is 27.6 Å². The number of nitrogens with zero attached hydrogens (tertiary/aromatic N) is 6. The van der Waals surface area contributed by atoms with E-state index in [0.29, 0.717) is 41.0 Å². The highest BCUT2D eigenvalue weighted by Gasteiger charge is 2.33. The van der Waals surface area contributed by atoms with Gasteiger partial charge in [-0.2, -0.15) is 18.3 Å². The lowest BCUT2D eigenvalue weighted by molar-refractivity contribution is -0.140. The molecule has 0 saturated carbocycles. The summed E-state index contributed by atoms with van der Waals surface area (Å²) in [6.07, 6.45) is 0.231. The van der Waals surface area contributed by atoms with Gasteiger partial charge in [-0.1, -0.05) is 18.2 Å². The Labute approximate surface area is 223 Å². The van der Waals surface area contributed by atoms with E-state index < -0.39 is 24.5 Å². The maximum atomic E-state index is 14.0. The number of alkyl halides is 3. The number of hydrogen-bond donors (Lipinski definition) is 0. The molecule has 1 aromatic carbocycles. The van der Waals surface area contributed by atoms with Gasteiger partial charge < -0.3 is 14.5 Å². The fourth-order valence-electron chi connectivity index (χ4n) is 5.79. The molecule has 8 nitrogen and oxygen atoms in total. The normalized spacial score (nSPS) is 19.6. The second-order valence-corrected chi connectivity index (χ2v) is 10.4. The number of hydrogen-bond acceptors (Lipinski definition) is 6. The number of rotatable bonds is 4. The van der Waals surface area contributed by atoms with Gasteiger partial charge in [0.05, 0.1) is 16.4 Å². The Morgan fingerprint density at radius 1 is 1.03 bits per heavy atom. The van der Waals surface area contributed by atoms with E-state index in [9.17, 15) is 18.0 Å². The summed E-state index contributed by atoms with van der Waals surface area (Å²) in [6.45, 7) is 2.51. The molecule has 39 heavy (non-hydrogen) atoms. The van der Waals surface area contributed by atoms with Gasteiger partial charge in [0.1, 0.15) is 18.1 Å². The number of pyridine rings is 2. The van der Waals surface area contributed by atoms with E-state index in [-0.39, 0.29) is 10.9 Å². The number of anilines is 1. The second-order valence-electron chi connectivity index (χ2n) is 10.4. The van der Waals surface area contributed by atoms with E-state index >= 15 is 0 Å². The van der Waals surface area contributed by atoms with Gasteiger partial charge >= 0.3 is 6.18 Å². The van der Waals surface area contributed by atoms with Crippen molar-refractivity contribution in [2.75, 3.05) is 44.7 Å². The highest BCUT2D eigenvalue weighted by Crippen LogP contribution is 2.38. The molecule has 2 aliphatic heterocycles. The molecule has 0 spiro atoms. The van der Waals surface area contributed by atoms with Crippen LogP contribution in [0, 0.1) is 0 Å². The summed E-state index contributed by atoms with van der Waals surface area (Å²) in [5.41, 5.74) is 0.974. The Bertz CT molecular complexity index is 1560. The zero-order valence-corrected chi connectivity index (χ0v) is 21.8. The molecule has 4 aromatic rings. The summed E-state index contributed by atoms with van der Waals surface area (Å²) >= 11 is 0. The molecule has 2 aliphatic rings. The van der Waals surface area contributed by atoms with E-state index in [0.717, 1.165) is 50.0 Å². The predicted molar refractivity (Wildman–Crippen MR) is 144 cm³/mol. The minimum atomic E-state index is -4.57. The van der Waals surface area contributed by atoms with Crippen molar-refractivity contribution in [2.24, 2.45) is 0 Å². The second kappa shape index (κ2) is 10.3. The van der Waals surface area contributed by atoms with Crippen LogP contribution in [0.3, 0.4) is 0 Å². The minimum absolute atomic E-state index is 0.160. The lowest BCUT2D eigenvalue weighted by atomic mass is 10.1. The molecule has 0 radical (unpaired) electrons. The molecule has 2 fully saturated rings. The largest absolute Gasteiger partial charge is 0.406 e. The van der Waals surface area contributed by atoms with Gasteiger partial charge in [0, 0.05) is 43.4 Å². The summed E-state index contributed by atoms with van der Waals surface area (Å²) in [5.74, 6) is 0.679. The number of para-hydroxylation sites is 1. The van der Waals surface area contributed by atoms with Crippen LogP contribution in [0.5, 0.6) is 0 Å². The first kappa shape index (κ1) is 25.8. The van der Waals surface area contributed by atoms with Gasteiger partial charge in [0.25, 0.3) is 5.56 Å². The van der Waals surface area contributed by atoms with E-state index in [1.165, 1.54) is 0 Å². The molecule has 1 atom stereocenters. The molecule has 0 bridgehead atoms. The van der Waals surface area contributed by atoms with Crippen LogP contribution in [0.15, 0.2) is 47.4 Å². The molecular formula is C28H31F3N6O2. The van der Waals surface area contributed by atoms with Gasteiger partial charge in [-0.25, -0.2) is 9.67 Å². The molecule has 0 amide bonds. The van der Waals surface area contributed by atoms with E-state index in [4.69, 9.17) is 9.84 Å². The molecule has 6 rings (SSSR count). The van der Waals surface area contributed by atoms with Crippen LogP contribution in [0.4, 0.5) is 19.0 Å². The third-order valence-electron chi connectivity index (χ3n) is 7.65. The molecule has 5 heterocycles. The summed E-state index contributed by atoms with van der Waals surface area (Å²) < 4.78 is 49.8. The maximum absolute atomic E-state index is 14.0. The van der Waals surface area contributed by atoms with Gasteiger partial charge in [-0.05, 0) is 57.5 Å². The summed E-state index contributed by atoms with van der Waals surface area (Å²) in [5, 5.41) is 5.64. The number of likely N-dealkylation sites (N-methyl/N-ethyl adjacent to an activating group) is 1. The lowest BCUT2D eigenvalue weighted by Gasteiger charge is -2.24. The summed E-state index contributed by atoms with van der Waals surface area (Å²) in [6, 6.07) is 10.4. The van der Waals surface area contributed by atoms with Crippen molar-refractivity contribution in [2.45, 2.75) is 44.6 Å². The van der Waals surface area contributed by atoms with Crippen molar-refractivity contribution < 1.29 is 17.9 Å². The van der Waals surface area contributed by atoms with Crippen LogP contribution in [0.25, 0.3) is 33.1 Å². The van der Waals surface area contributed by atoms with E-state index in [1.807, 2.05) is 6.07 Å². The van der Waals surface area contributed by atoms with E-state index in [2.05, 4.69) is 21.8 Å². The fourth-order valence-corrected chi connectivity index (χ4v) is 5.79. The number of ether oxygens (including phenoxy) is 1. The zero-order chi connectivity index (χ0) is 27.1. The van der Waals surface area contributed by atoms with Crippen LogP contribution in [0.1, 0.15) is 31.9 Å². The van der Waals surface area contributed by atoms with Crippen LogP contribution in [0.2, 0.25) is 0 Å². The summed E-state index contributed by atoms with van der Waals surface area (Å²) in [7, 11) is 2.08. The number of fused-ring (bicyclic) bond motifs is 3. The smallest absolute Gasteiger partial charge is 0.356 e. The molecule has 2 saturated heterocycles. The van der Waals surface area contributed by atoms with Gasteiger partial charge in [-0.3, -0.25) is 9.36 Å². The van der Waals surface area contributed by atoms with Crippen LogP contribution >= 0.6 is 0 Å². The Kier molecular flexibility index (Phi) is 6.80. The average Bonchev–Trinajstić information content (AvgIpc) is 3.21. The molecule has 3 aromatic heterocycles. The van der Waals surface area contributed by atoms with Crippen molar-refractivity contribution in [1.82, 2.24) is 24.2 Å². The highest BCUT2D eigenvalue weighted by molar-refractivity contribution is 6.09. The first-order valence-electron chi connectivity index (χ1n) is 13.4.